The molecule has 2 aromatic carbocycles. The van der Waals surface area contributed by atoms with Gasteiger partial charge in [-0.25, -0.2) is 8.42 Å². The molecule has 2 aromatic rings. The van der Waals surface area contributed by atoms with Gasteiger partial charge < -0.3 is 10.2 Å². The van der Waals surface area contributed by atoms with Crippen LogP contribution >= 0.6 is 0 Å². The van der Waals surface area contributed by atoms with Crippen molar-refractivity contribution in [2.45, 2.75) is 49.6 Å². The molecule has 2 aliphatic heterocycles. The maximum atomic E-state index is 13.2. The molecule has 32 heavy (non-hydrogen) atoms. The maximum absolute atomic E-state index is 13.2. The Morgan fingerprint density at radius 3 is 2.53 bits per heavy atom. The van der Waals surface area contributed by atoms with E-state index in [1.807, 2.05) is 37.3 Å². The van der Waals surface area contributed by atoms with Crippen molar-refractivity contribution in [3.05, 3.63) is 78.1 Å². The molecular weight excluding hydrogens is 426 g/mol. The summed E-state index contributed by atoms with van der Waals surface area (Å²) in [5, 5.41) is 2.55. The first-order valence-electron chi connectivity index (χ1n) is 10.8. The molecule has 0 aliphatic carbocycles. The quantitative estimate of drug-likeness (QED) is 0.728. The Balaban J connectivity index is 1.53. The Morgan fingerprint density at radius 2 is 1.81 bits per heavy atom. The molecule has 7 nitrogen and oxygen atoms in total. The average Bonchev–Trinajstić information content (AvgIpc) is 3.24. The summed E-state index contributed by atoms with van der Waals surface area (Å²) in [7, 11) is -3.98. The average molecular weight is 454 g/mol. The zero-order valence-corrected chi connectivity index (χ0v) is 18.8. The van der Waals surface area contributed by atoms with Crippen molar-refractivity contribution in [1.29, 1.82) is 0 Å². The highest BCUT2D eigenvalue weighted by molar-refractivity contribution is 7.89. The maximum Gasteiger partial charge on any atom is 0.264 e. The number of benzene rings is 2. The number of nitrogens with zero attached hydrogens (tertiary/aromatic N) is 2. The molecule has 1 unspecified atom stereocenters. The van der Waals surface area contributed by atoms with Gasteiger partial charge in [0.05, 0.1) is 11.3 Å². The van der Waals surface area contributed by atoms with Gasteiger partial charge >= 0.3 is 0 Å². The molecule has 4 rings (SSSR count). The van der Waals surface area contributed by atoms with Gasteiger partial charge in [-0.15, -0.1) is 0 Å². The highest BCUT2D eigenvalue weighted by Crippen LogP contribution is 2.26. The Bertz CT molecular complexity index is 1110. The van der Waals surface area contributed by atoms with Crippen LogP contribution in [0.5, 0.6) is 0 Å². The van der Waals surface area contributed by atoms with Crippen molar-refractivity contribution in [1.82, 2.24) is 14.5 Å². The van der Waals surface area contributed by atoms with E-state index in [-0.39, 0.29) is 23.3 Å². The molecule has 1 saturated heterocycles. The minimum absolute atomic E-state index is 0.0502. The van der Waals surface area contributed by atoms with Gasteiger partial charge in [-0.3, -0.25) is 13.9 Å². The van der Waals surface area contributed by atoms with Crippen molar-refractivity contribution >= 4 is 21.8 Å². The van der Waals surface area contributed by atoms with Gasteiger partial charge in [-0.05, 0) is 43.9 Å². The summed E-state index contributed by atoms with van der Waals surface area (Å²) in [4.78, 5) is 27.7. The summed E-state index contributed by atoms with van der Waals surface area (Å²) in [5.41, 5.74) is 2.08. The second-order valence-electron chi connectivity index (χ2n) is 8.27. The summed E-state index contributed by atoms with van der Waals surface area (Å²) in [5.74, 6) is -0.710. The molecule has 168 valence electrons. The molecule has 0 radical (unpaired) electrons. The van der Waals surface area contributed by atoms with Crippen LogP contribution in [0.15, 0.2) is 71.9 Å². The van der Waals surface area contributed by atoms with E-state index in [9.17, 15) is 18.0 Å². The highest BCUT2D eigenvalue weighted by Gasteiger charge is 2.39. The Hall–Kier alpha value is -3.13. The number of sulfonamides is 1. The molecule has 2 amide bonds. The van der Waals surface area contributed by atoms with E-state index < -0.39 is 22.0 Å². The third-order valence-electron chi connectivity index (χ3n) is 6.03. The summed E-state index contributed by atoms with van der Waals surface area (Å²) in [6.45, 7) is 2.49. The normalized spacial score (nSPS) is 21.0. The zero-order chi connectivity index (χ0) is 22.7. The molecule has 1 N–H and O–H groups in total. The van der Waals surface area contributed by atoms with Crippen LogP contribution in [0.2, 0.25) is 0 Å². The lowest BCUT2D eigenvalue weighted by Crippen LogP contribution is -2.51. The van der Waals surface area contributed by atoms with Crippen LogP contribution < -0.4 is 5.32 Å². The number of carbonyl (C=O) groups excluding carboxylic acids is 2. The van der Waals surface area contributed by atoms with E-state index in [0.717, 1.165) is 34.7 Å². The van der Waals surface area contributed by atoms with Crippen LogP contribution in [0.1, 0.15) is 30.4 Å². The molecule has 0 spiro atoms. The van der Waals surface area contributed by atoms with Crippen molar-refractivity contribution in [2.75, 3.05) is 6.54 Å². The fraction of sp³-hybridized carbons (Fsp3) is 0.333. The predicted octanol–water partition coefficient (Wildman–Crippen LogP) is 2.58. The molecule has 2 heterocycles. The van der Waals surface area contributed by atoms with Gasteiger partial charge in [0.25, 0.3) is 10.0 Å². The molecule has 0 bridgehead atoms. The number of likely N-dealkylation sites (tertiary alicyclic amines) is 1. The van der Waals surface area contributed by atoms with E-state index in [2.05, 4.69) is 5.32 Å². The molecule has 0 saturated carbocycles. The second-order valence-corrected chi connectivity index (χ2v) is 10.1. The largest absolute Gasteiger partial charge is 0.339 e. The lowest BCUT2D eigenvalue weighted by Gasteiger charge is -2.33. The summed E-state index contributed by atoms with van der Waals surface area (Å²) in [6.07, 6.45) is 4.94. The van der Waals surface area contributed by atoms with Crippen molar-refractivity contribution in [3.63, 3.8) is 0 Å². The first-order chi connectivity index (χ1) is 15.4. The van der Waals surface area contributed by atoms with Crippen LogP contribution in [-0.2, 0) is 26.0 Å². The first-order valence-corrected chi connectivity index (χ1v) is 12.2. The standard InChI is InChI=1S/C24H27N3O4S/c1-18-9-11-21(12-10-18)32(30,31)27-15-13-25-24(29)22(27)17-23(28)26-14-5-8-20(26)16-19-6-3-2-4-7-19/h2-4,6-7,9-13,15,20,22H,5,8,14,16-17H2,1H3,(H,25,29)/t20?,22-/m1/s1. The van der Waals surface area contributed by atoms with E-state index >= 15 is 0 Å². The minimum Gasteiger partial charge on any atom is -0.339 e. The van der Waals surface area contributed by atoms with Crippen LogP contribution in [0.3, 0.4) is 0 Å². The first kappa shape index (κ1) is 22.1. The molecule has 1 fully saturated rings. The van der Waals surface area contributed by atoms with Gasteiger partial charge in [-0.1, -0.05) is 48.0 Å². The third kappa shape index (κ3) is 4.55. The van der Waals surface area contributed by atoms with Gasteiger partial charge in [0, 0.05) is 25.0 Å². The summed E-state index contributed by atoms with van der Waals surface area (Å²) < 4.78 is 27.5. The molecular formula is C24H27N3O4S. The SMILES string of the molecule is Cc1ccc(S(=O)(=O)N2C=CNC(=O)[C@H]2CC(=O)N2CCCC2Cc2ccccc2)cc1. The van der Waals surface area contributed by atoms with Crippen LogP contribution in [0.25, 0.3) is 0 Å². The Labute approximate surface area is 188 Å². The second kappa shape index (κ2) is 9.16. The molecule has 8 heteroatoms. The van der Waals surface area contributed by atoms with Crippen LogP contribution in [-0.4, -0.2) is 48.1 Å². The number of nitrogens with one attached hydrogen (secondary N) is 1. The van der Waals surface area contributed by atoms with Crippen molar-refractivity contribution in [2.24, 2.45) is 0 Å². The van der Waals surface area contributed by atoms with Crippen LogP contribution in [0, 0.1) is 6.92 Å². The van der Waals surface area contributed by atoms with Gasteiger partial charge in [0.1, 0.15) is 6.04 Å². The van der Waals surface area contributed by atoms with Crippen molar-refractivity contribution in [3.8, 4) is 0 Å². The Morgan fingerprint density at radius 1 is 1.09 bits per heavy atom. The number of aryl methyl sites for hydroxylation is 1. The lowest BCUT2D eigenvalue weighted by atomic mass is 10.0. The zero-order valence-electron chi connectivity index (χ0n) is 18.0. The molecule has 0 aromatic heterocycles. The highest BCUT2D eigenvalue weighted by atomic mass is 32.2. The molecule has 2 atom stereocenters. The van der Waals surface area contributed by atoms with E-state index in [4.69, 9.17) is 0 Å². The number of hydrogen-bond acceptors (Lipinski definition) is 4. The van der Waals surface area contributed by atoms with Gasteiger partial charge in [0.15, 0.2) is 0 Å². The lowest BCUT2D eigenvalue weighted by molar-refractivity contribution is -0.136. The number of carbonyl (C=O) groups is 2. The number of amides is 2. The topological polar surface area (TPSA) is 86.8 Å². The summed E-state index contributed by atoms with van der Waals surface area (Å²) >= 11 is 0. The monoisotopic (exact) mass is 453 g/mol. The van der Waals surface area contributed by atoms with Gasteiger partial charge in [-0.2, -0.15) is 0 Å². The fourth-order valence-corrected chi connectivity index (χ4v) is 5.77. The third-order valence-corrected chi connectivity index (χ3v) is 7.83. The van der Waals surface area contributed by atoms with Gasteiger partial charge in [0.2, 0.25) is 11.8 Å². The Kier molecular flexibility index (Phi) is 6.32. The molecule has 2 aliphatic rings. The van der Waals surface area contributed by atoms with Crippen molar-refractivity contribution < 1.29 is 18.0 Å². The smallest absolute Gasteiger partial charge is 0.264 e. The predicted molar refractivity (Wildman–Crippen MR) is 121 cm³/mol. The van der Waals surface area contributed by atoms with Crippen LogP contribution in [0.4, 0.5) is 0 Å². The van der Waals surface area contributed by atoms with E-state index in [0.29, 0.717) is 6.54 Å². The fourth-order valence-electron chi connectivity index (χ4n) is 4.32. The number of rotatable bonds is 6. The van der Waals surface area contributed by atoms with E-state index in [1.165, 1.54) is 24.5 Å². The minimum atomic E-state index is -3.98. The summed E-state index contributed by atoms with van der Waals surface area (Å²) in [6, 6.07) is 15.3. The van der Waals surface area contributed by atoms with E-state index in [1.54, 1.807) is 17.0 Å². The number of hydrogen-bond donors (Lipinski definition) is 1.